The van der Waals surface area contributed by atoms with Gasteiger partial charge in [0.05, 0.1) is 4.90 Å². The molecule has 4 rings (SSSR count). The summed E-state index contributed by atoms with van der Waals surface area (Å²) < 4.78 is 32.8. The smallest absolute Gasteiger partial charge is 0.407 e. The van der Waals surface area contributed by atoms with Crippen LogP contribution in [-0.4, -0.2) is 73.3 Å². The van der Waals surface area contributed by atoms with Crippen LogP contribution in [0.1, 0.15) is 51.0 Å². The van der Waals surface area contributed by atoms with E-state index >= 15 is 0 Å². The van der Waals surface area contributed by atoms with Crippen LogP contribution in [0.2, 0.25) is 0 Å². The molecule has 11 heteroatoms. The van der Waals surface area contributed by atoms with Crippen LogP contribution in [0.15, 0.2) is 65.6 Å². The quantitative estimate of drug-likeness (QED) is 0.400. The van der Waals surface area contributed by atoms with Crippen LogP contribution >= 0.6 is 0 Å². The molecule has 0 bridgehead atoms. The molecule has 2 saturated heterocycles. The number of piperidine rings is 1. The van der Waals surface area contributed by atoms with Crippen LogP contribution in [0.25, 0.3) is 0 Å². The molecule has 2 aliphatic rings. The Bertz CT molecular complexity index is 1260. The zero-order valence-corrected chi connectivity index (χ0v) is 23.7. The van der Waals surface area contributed by atoms with Crippen molar-refractivity contribution in [3.05, 3.63) is 66.2 Å². The summed E-state index contributed by atoms with van der Waals surface area (Å²) in [5.74, 6) is -0.346. The van der Waals surface area contributed by atoms with E-state index in [-0.39, 0.29) is 49.2 Å². The number of alkyl carbamates (subject to hydrolysis) is 1. The number of benzene rings is 2. The van der Waals surface area contributed by atoms with Crippen LogP contribution in [0, 0.1) is 0 Å². The fraction of sp³-hybridized carbons (Fsp3) is 0.483. The number of ether oxygens (including phenoxy) is 1. The van der Waals surface area contributed by atoms with Crippen molar-refractivity contribution >= 4 is 27.9 Å². The molecule has 2 fully saturated rings. The maximum Gasteiger partial charge on any atom is 0.407 e. The third-order valence-electron chi connectivity index (χ3n) is 7.59. The zero-order valence-electron chi connectivity index (χ0n) is 22.9. The molecule has 0 saturated carbocycles. The molecule has 0 aromatic heterocycles. The van der Waals surface area contributed by atoms with E-state index in [0.29, 0.717) is 38.8 Å². The van der Waals surface area contributed by atoms with Gasteiger partial charge >= 0.3 is 6.09 Å². The fourth-order valence-corrected chi connectivity index (χ4v) is 6.85. The Morgan fingerprint density at radius 1 is 1.02 bits per heavy atom. The van der Waals surface area contributed by atoms with Crippen molar-refractivity contribution in [1.82, 2.24) is 19.8 Å². The Balaban J connectivity index is 1.27. The molecule has 2 heterocycles. The lowest BCUT2D eigenvalue weighted by molar-refractivity contribution is -0.160. The molecule has 3 amide bonds. The highest BCUT2D eigenvalue weighted by molar-refractivity contribution is 7.89. The fourth-order valence-electron chi connectivity index (χ4n) is 5.39. The molecule has 216 valence electrons. The van der Waals surface area contributed by atoms with Gasteiger partial charge < -0.3 is 20.3 Å². The monoisotopic (exact) mass is 570 g/mol. The van der Waals surface area contributed by atoms with Crippen LogP contribution in [0.4, 0.5) is 4.79 Å². The number of amides is 3. The van der Waals surface area contributed by atoms with Gasteiger partial charge in [-0.15, -0.1) is 0 Å². The summed E-state index contributed by atoms with van der Waals surface area (Å²) in [5, 5.41) is 5.65. The number of piperazine rings is 1. The van der Waals surface area contributed by atoms with Crippen molar-refractivity contribution in [2.45, 2.75) is 68.5 Å². The Labute approximate surface area is 236 Å². The second kappa shape index (κ2) is 13.3. The minimum atomic E-state index is -3.67. The maximum absolute atomic E-state index is 13.5. The Kier molecular flexibility index (Phi) is 9.80. The predicted molar refractivity (Wildman–Crippen MR) is 150 cm³/mol. The average molecular weight is 571 g/mol. The number of carbonyl (C=O) groups is 3. The number of carbonyl (C=O) groups excluding carboxylic acids is 3. The summed E-state index contributed by atoms with van der Waals surface area (Å²) in [6.45, 7) is 3.31. The van der Waals surface area contributed by atoms with E-state index in [9.17, 15) is 22.8 Å². The van der Waals surface area contributed by atoms with Crippen molar-refractivity contribution in [2.24, 2.45) is 0 Å². The lowest BCUT2D eigenvalue weighted by Crippen LogP contribution is -2.73. The van der Waals surface area contributed by atoms with Gasteiger partial charge in [0.25, 0.3) is 0 Å². The molecular formula is C29H38N4O6S. The Morgan fingerprint density at radius 3 is 2.33 bits per heavy atom. The standard InChI is InChI=1S/C29H38N4O6S/c1-2-19-33-26(34)25(15-9-10-18-30-28(36)39-22-23-11-5-3-6-12-23)31-27(35)29(33)16-20-32(21-17-29)40(37,38)24-13-7-4-8-14-24/h3-8,11-14,25H,2,9-10,15-22H2,1H3,(H,30,36)(H,31,35)/t25-/m0/s1. The molecular weight excluding hydrogens is 532 g/mol. The molecule has 2 aliphatic heterocycles. The number of nitrogens with zero attached hydrogens (tertiary/aromatic N) is 2. The molecule has 1 atom stereocenters. The molecule has 0 radical (unpaired) electrons. The van der Waals surface area contributed by atoms with Gasteiger partial charge in [-0.1, -0.05) is 55.5 Å². The van der Waals surface area contributed by atoms with Gasteiger partial charge in [0.15, 0.2) is 0 Å². The number of nitrogens with one attached hydrogen (secondary N) is 2. The highest BCUT2D eigenvalue weighted by atomic mass is 32.2. The van der Waals surface area contributed by atoms with Crippen LogP contribution in [0.5, 0.6) is 0 Å². The largest absolute Gasteiger partial charge is 0.445 e. The van der Waals surface area contributed by atoms with Crippen molar-refractivity contribution in [2.75, 3.05) is 26.2 Å². The minimum absolute atomic E-state index is 0.129. The summed E-state index contributed by atoms with van der Waals surface area (Å²) >= 11 is 0. The van der Waals surface area contributed by atoms with Gasteiger partial charge in [-0.05, 0) is 56.2 Å². The van der Waals surface area contributed by atoms with Gasteiger partial charge in [0.2, 0.25) is 21.8 Å². The highest BCUT2D eigenvalue weighted by Gasteiger charge is 2.54. The maximum atomic E-state index is 13.5. The first-order valence-corrected chi connectivity index (χ1v) is 15.3. The van der Waals surface area contributed by atoms with Crippen molar-refractivity contribution < 1.29 is 27.5 Å². The summed E-state index contributed by atoms with van der Waals surface area (Å²) in [4.78, 5) is 40.8. The normalized spacial score (nSPS) is 19.3. The molecule has 40 heavy (non-hydrogen) atoms. The molecule has 0 aliphatic carbocycles. The molecule has 10 nitrogen and oxygen atoms in total. The van der Waals surface area contributed by atoms with Gasteiger partial charge in [-0.25, -0.2) is 13.2 Å². The Morgan fingerprint density at radius 2 is 1.68 bits per heavy atom. The number of rotatable bonds is 11. The van der Waals surface area contributed by atoms with E-state index in [1.165, 1.54) is 4.31 Å². The highest BCUT2D eigenvalue weighted by Crippen LogP contribution is 2.35. The molecule has 2 aromatic rings. The number of unbranched alkanes of at least 4 members (excludes halogenated alkanes) is 1. The van der Waals surface area contributed by atoms with Crippen molar-refractivity contribution in [1.29, 1.82) is 0 Å². The summed E-state index contributed by atoms with van der Waals surface area (Å²) in [7, 11) is -3.67. The van der Waals surface area contributed by atoms with E-state index < -0.39 is 27.7 Å². The van der Waals surface area contributed by atoms with E-state index in [1.54, 1.807) is 35.2 Å². The lowest BCUT2D eigenvalue weighted by atomic mass is 9.81. The number of sulfonamides is 1. The molecule has 2 aromatic carbocycles. The van der Waals surface area contributed by atoms with E-state index in [1.807, 2.05) is 37.3 Å². The van der Waals surface area contributed by atoms with Gasteiger partial charge in [-0.3, -0.25) is 9.59 Å². The lowest BCUT2D eigenvalue weighted by Gasteiger charge is -2.51. The van der Waals surface area contributed by atoms with E-state index in [4.69, 9.17) is 4.74 Å². The summed E-state index contributed by atoms with van der Waals surface area (Å²) in [6.07, 6.45) is 2.40. The third kappa shape index (κ3) is 6.64. The van der Waals surface area contributed by atoms with Gasteiger partial charge in [0.1, 0.15) is 18.2 Å². The SMILES string of the molecule is CCCN1C(=O)[C@H](CCCCNC(=O)OCc2ccccc2)NC(=O)C12CCN(S(=O)(=O)c1ccccc1)CC2. The van der Waals surface area contributed by atoms with Crippen LogP contribution in [0.3, 0.4) is 0 Å². The number of hydrogen-bond acceptors (Lipinski definition) is 6. The topological polar surface area (TPSA) is 125 Å². The van der Waals surface area contributed by atoms with E-state index in [0.717, 1.165) is 5.56 Å². The molecule has 0 unspecified atom stereocenters. The first-order chi connectivity index (χ1) is 19.3. The van der Waals surface area contributed by atoms with Crippen LogP contribution in [-0.2, 0) is 31.0 Å². The predicted octanol–water partition coefficient (Wildman–Crippen LogP) is 3.04. The van der Waals surface area contributed by atoms with Crippen molar-refractivity contribution in [3.8, 4) is 0 Å². The minimum Gasteiger partial charge on any atom is -0.445 e. The molecule has 1 spiro atoms. The Hall–Kier alpha value is -3.44. The summed E-state index contributed by atoms with van der Waals surface area (Å²) in [6, 6.07) is 17.0. The first-order valence-electron chi connectivity index (χ1n) is 13.9. The summed E-state index contributed by atoms with van der Waals surface area (Å²) in [5.41, 5.74) is -0.141. The van der Waals surface area contributed by atoms with Gasteiger partial charge in [-0.2, -0.15) is 4.31 Å². The second-order valence-corrected chi connectivity index (χ2v) is 12.2. The first kappa shape index (κ1) is 29.5. The number of hydrogen-bond donors (Lipinski definition) is 2. The van der Waals surface area contributed by atoms with Gasteiger partial charge in [0, 0.05) is 26.2 Å². The zero-order chi connectivity index (χ0) is 28.6. The second-order valence-electron chi connectivity index (χ2n) is 10.2. The average Bonchev–Trinajstić information content (AvgIpc) is 2.98. The van der Waals surface area contributed by atoms with E-state index in [2.05, 4.69) is 10.6 Å². The van der Waals surface area contributed by atoms with Crippen LogP contribution < -0.4 is 10.6 Å². The van der Waals surface area contributed by atoms with Crippen molar-refractivity contribution in [3.63, 3.8) is 0 Å². The molecule has 2 N–H and O–H groups in total. The third-order valence-corrected chi connectivity index (χ3v) is 9.50.